The number of nitriles is 1. The van der Waals surface area contributed by atoms with E-state index >= 15 is 0 Å². The summed E-state index contributed by atoms with van der Waals surface area (Å²) < 4.78 is 14.4. The lowest BCUT2D eigenvalue weighted by Crippen LogP contribution is -2.52. The molecule has 4 heterocycles. The summed E-state index contributed by atoms with van der Waals surface area (Å²) in [5.41, 5.74) is 4.72. The normalized spacial score (nSPS) is 20.5. The summed E-state index contributed by atoms with van der Waals surface area (Å²) >= 11 is 0. The Bertz CT molecular complexity index is 1140. The van der Waals surface area contributed by atoms with Crippen LogP contribution < -0.4 is 10.2 Å². The fourth-order valence-electron chi connectivity index (χ4n) is 4.36. The fourth-order valence-corrected chi connectivity index (χ4v) is 4.36. The molecule has 2 unspecified atom stereocenters. The molecule has 1 saturated heterocycles. The number of anilines is 2. The van der Waals surface area contributed by atoms with Crippen molar-refractivity contribution in [1.29, 1.82) is 5.26 Å². The van der Waals surface area contributed by atoms with Crippen LogP contribution in [0, 0.1) is 17.1 Å². The molecule has 1 N–H and O–H groups in total. The highest BCUT2D eigenvalue weighted by atomic mass is 19.1. The third-order valence-corrected chi connectivity index (χ3v) is 5.87. The second-order valence-corrected chi connectivity index (χ2v) is 8.03. The van der Waals surface area contributed by atoms with Crippen LogP contribution in [-0.4, -0.2) is 47.1 Å². The van der Waals surface area contributed by atoms with Crippen molar-refractivity contribution in [3.8, 4) is 17.3 Å². The zero-order chi connectivity index (χ0) is 21.2. The highest BCUT2D eigenvalue weighted by molar-refractivity contribution is 5.61. The highest BCUT2D eigenvalue weighted by Crippen LogP contribution is 2.26. The number of rotatable bonds is 0. The second kappa shape index (κ2) is 8.32. The van der Waals surface area contributed by atoms with Crippen LogP contribution in [0.15, 0.2) is 54.7 Å². The Balaban J connectivity index is 1.54. The first-order valence-corrected chi connectivity index (χ1v) is 10.5. The van der Waals surface area contributed by atoms with Crippen LogP contribution in [0.2, 0.25) is 0 Å². The van der Waals surface area contributed by atoms with Gasteiger partial charge in [0.1, 0.15) is 11.9 Å². The molecule has 3 aliphatic heterocycles. The number of hydrogen-bond acceptors (Lipinski definition) is 6. The lowest BCUT2D eigenvalue weighted by Gasteiger charge is -2.39. The number of nitrogens with zero attached hydrogens (tertiary/aromatic N) is 5. The number of fused-ring (bicyclic) bond motifs is 4. The molecule has 2 atom stereocenters. The smallest absolute Gasteiger partial charge is 0.223 e. The minimum Gasteiger partial charge on any atom is -0.354 e. The summed E-state index contributed by atoms with van der Waals surface area (Å²) in [7, 11) is 0. The van der Waals surface area contributed by atoms with Gasteiger partial charge in [-0.15, -0.1) is 0 Å². The molecule has 3 aromatic rings. The van der Waals surface area contributed by atoms with Gasteiger partial charge in [-0.05, 0) is 47.9 Å². The van der Waals surface area contributed by atoms with Gasteiger partial charge in [-0.2, -0.15) is 5.26 Å². The monoisotopic (exact) mass is 414 g/mol. The molecule has 0 spiro atoms. The van der Waals surface area contributed by atoms with Gasteiger partial charge < -0.3 is 10.2 Å². The molecule has 1 aromatic heterocycles. The lowest BCUT2D eigenvalue weighted by molar-refractivity contribution is 0.232. The van der Waals surface area contributed by atoms with E-state index < -0.39 is 0 Å². The van der Waals surface area contributed by atoms with Crippen molar-refractivity contribution in [2.75, 3.05) is 36.4 Å². The van der Waals surface area contributed by atoms with Crippen molar-refractivity contribution in [1.82, 2.24) is 14.9 Å². The molecule has 6 nitrogen and oxygen atoms in total. The average molecular weight is 414 g/mol. The van der Waals surface area contributed by atoms with E-state index in [1.54, 1.807) is 12.3 Å². The molecule has 0 aliphatic carbocycles. The Morgan fingerprint density at radius 1 is 1.10 bits per heavy atom. The van der Waals surface area contributed by atoms with Gasteiger partial charge in [-0.1, -0.05) is 18.2 Å². The summed E-state index contributed by atoms with van der Waals surface area (Å²) in [4.78, 5) is 13.3. The molecule has 0 saturated carbocycles. The zero-order valence-electron chi connectivity index (χ0n) is 17.1. The summed E-state index contributed by atoms with van der Waals surface area (Å²) in [5, 5.41) is 13.1. The fraction of sp³-hybridized carbons (Fsp3) is 0.292. The van der Waals surface area contributed by atoms with E-state index in [0.717, 1.165) is 35.6 Å². The van der Waals surface area contributed by atoms with Gasteiger partial charge in [0.2, 0.25) is 5.95 Å². The summed E-state index contributed by atoms with van der Waals surface area (Å²) in [6.45, 7) is 3.46. The molecule has 6 rings (SSSR count). The van der Waals surface area contributed by atoms with Crippen LogP contribution >= 0.6 is 0 Å². The predicted molar refractivity (Wildman–Crippen MR) is 118 cm³/mol. The topological polar surface area (TPSA) is 68.1 Å². The van der Waals surface area contributed by atoms with E-state index in [9.17, 15) is 9.65 Å². The molecule has 156 valence electrons. The first-order chi connectivity index (χ1) is 15.2. The number of hydrogen-bond donors (Lipinski definition) is 1. The maximum absolute atomic E-state index is 14.4. The first kappa shape index (κ1) is 19.5. The average Bonchev–Trinajstić information content (AvgIpc) is 2.78. The van der Waals surface area contributed by atoms with Crippen molar-refractivity contribution < 1.29 is 4.39 Å². The Morgan fingerprint density at radius 2 is 2.03 bits per heavy atom. The van der Waals surface area contributed by atoms with Gasteiger partial charge in [0.05, 0.1) is 11.8 Å². The Hall–Kier alpha value is -3.50. The number of piperazine rings is 1. The summed E-state index contributed by atoms with van der Waals surface area (Å²) in [5.74, 6) is 0.278. The Morgan fingerprint density at radius 3 is 2.94 bits per heavy atom. The predicted octanol–water partition coefficient (Wildman–Crippen LogP) is 3.47. The summed E-state index contributed by atoms with van der Waals surface area (Å²) in [6, 6.07) is 17.4. The molecule has 2 aromatic carbocycles. The molecule has 8 bridgehead atoms. The molecular weight excluding hydrogens is 391 g/mol. The van der Waals surface area contributed by atoms with Gasteiger partial charge >= 0.3 is 0 Å². The minimum atomic E-state index is -0.318. The van der Waals surface area contributed by atoms with E-state index in [4.69, 9.17) is 0 Å². The van der Waals surface area contributed by atoms with Crippen molar-refractivity contribution in [2.24, 2.45) is 0 Å². The molecule has 3 aliphatic rings. The molecular formula is C24H23FN6. The Kier molecular flexibility index (Phi) is 5.23. The Labute approximate surface area is 181 Å². The van der Waals surface area contributed by atoms with Crippen LogP contribution in [0.25, 0.3) is 11.3 Å². The highest BCUT2D eigenvalue weighted by Gasteiger charge is 2.28. The second-order valence-electron chi connectivity index (χ2n) is 8.03. The summed E-state index contributed by atoms with van der Waals surface area (Å²) in [6.07, 6.45) is 2.38. The van der Waals surface area contributed by atoms with Gasteiger partial charge in [0, 0.05) is 50.2 Å². The molecule has 7 heteroatoms. The largest absolute Gasteiger partial charge is 0.354 e. The van der Waals surface area contributed by atoms with Gasteiger partial charge in [-0.25, -0.2) is 14.4 Å². The lowest BCUT2D eigenvalue weighted by atomic mass is 10.1. The molecule has 1 fully saturated rings. The van der Waals surface area contributed by atoms with Crippen molar-refractivity contribution >= 4 is 11.6 Å². The molecule has 31 heavy (non-hydrogen) atoms. The molecule has 0 amide bonds. The molecule has 0 radical (unpaired) electrons. The first-order valence-electron chi connectivity index (χ1n) is 10.5. The van der Waals surface area contributed by atoms with Crippen LogP contribution in [0.3, 0.4) is 0 Å². The van der Waals surface area contributed by atoms with Crippen LogP contribution in [-0.2, 0) is 13.0 Å². The zero-order valence-corrected chi connectivity index (χ0v) is 17.1. The number of aromatic nitrogens is 2. The third kappa shape index (κ3) is 4.21. The van der Waals surface area contributed by atoms with E-state index in [-0.39, 0.29) is 11.9 Å². The van der Waals surface area contributed by atoms with E-state index in [2.05, 4.69) is 38.4 Å². The van der Waals surface area contributed by atoms with E-state index in [1.165, 1.54) is 11.6 Å². The SMILES string of the molecule is N#CC1CN2CCN1c1cc(F)cc(c1)CCNc1nccc(n1)-c1cccc(c1)C2. The van der Waals surface area contributed by atoms with Gasteiger partial charge in [0.25, 0.3) is 0 Å². The van der Waals surface area contributed by atoms with Gasteiger partial charge in [-0.3, -0.25) is 4.90 Å². The van der Waals surface area contributed by atoms with E-state index in [0.29, 0.717) is 32.0 Å². The number of benzene rings is 2. The van der Waals surface area contributed by atoms with Crippen LogP contribution in [0.1, 0.15) is 11.1 Å². The van der Waals surface area contributed by atoms with Crippen LogP contribution in [0.4, 0.5) is 16.0 Å². The number of nitrogens with one attached hydrogen (secondary N) is 1. The van der Waals surface area contributed by atoms with Crippen LogP contribution in [0.5, 0.6) is 0 Å². The van der Waals surface area contributed by atoms with Gasteiger partial charge in [0.15, 0.2) is 0 Å². The quantitative estimate of drug-likeness (QED) is 0.608. The maximum atomic E-state index is 14.4. The number of halogens is 1. The maximum Gasteiger partial charge on any atom is 0.223 e. The van der Waals surface area contributed by atoms with Crippen molar-refractivity contribution in [2.45, 2.75) is 19.0 Å². The van der Waals surface area contributed by atoms with Crippen molar-refractivity contribution in [3.63, 3.8) is 0 Å². The van der Waals surface area contributed by atoms with E-state index in [1.807, 2.05) is 29.2 Å². The minimum absolute atomic E-state index is 0.279. The third-order valence-electron chi connectivity index (χ3n) is 5.87. The van der Waals surface area contributed by atoms with Crippen molar-refractivity contribution in [3.05, 3.63) is 71.7 Å². The standard InChI is InChI=1S/C24H23FN6/c25-20-11-17-4-6-27-24-28-7-5-23(29-24)19-3-1-2-18(10-19)15-30-8-9-31(21(12-17)13-20)22(14-26)16-30/h1-3,5,7,10-13,22H,4,6,8-9,15-16H2,(H,27,28,29).